The third-order valence-electron chi connectivity index (χ3n) is 4.88. The number of ether oxygens (including phenoxy) is 1. The Morgan fingerprint density at radius 1 is 1.03 bits per heavy atom. The molecule has 1 N–H and O–H groups in total. The molecule has 0 saturated heterocycles. The van der Waals surface area contributed by atoms with Gasteiger partial charge in [-0.1, -0.05) is 24.3 Å². The van der Waals surface area contributed by atoms with Gasteiger partial charge in [0.15, 0.2) is 0 Å². The Labute approximate surface area is 176 Å². The molecule has 2 aromatic carbocycles. The van der Waals surface area contributed by atoms with Gasteiger partial charge >= 0.3 is 0 Å². The molecule has 30 heavy (non-hydrogen) atoms. The minimum Gasteiger partial charge on any atom is -0.494 e. The molecular formula is C23H23N3O3S. The van der Waals surface area contributed by atoms with Crippen LogP contribution in [0.4, 0.5) is 5.69 Å². The Kier molecular flexibility index (Phi) is 5.22. The molecule has 2 heterocycles. The number of anilines is 1. The first kappa shape index (κ1) is 20.0. The van der Waals surface area contributed by atoms with Crippen LogP contribution < -0.4 is 9.46 Å². The van der Waals surface area contributed by atoms with Gasteiger partial charge < -0.3 is 9.14 Å². The van der Waals surface area contributed by atoms with E-state index >= 15 is 0 Å². The topological polar surface area (TPSA) is 72.7 Å². The molecule has 0 spiro atoms. The molecule has 154 valence electrons. The Balaban J connectivity index is 1.72. The van der Waals surface area contributed by atoms with E-state index in [1.54, 1.807) is 30.3 Å². The van der Waals surface area contributed by atoms with Gasteiger partial charge in [0.05, 0.1) is 22.9 Å². The summed E-state index contributed by atoms with van der Waals surface area (Å²) >= 11 is 0. The molecule has 0 unspecified atom stereocenters. The van der Waals surface area contributed by atoms with Crippen LogP contribution in [0.25, 0.3) is 16.9 Å². The number of aromatic nitrogens is 2. The first-order valence-electron chi connectivity index (χ1n) is 9.69. The summed E-state index contributed by atoms with van der Waals surface area (Å²) in [7, 11) is -3.78. The van der Waals surface area contributed by atoms with Gasteiger partial charge in [-0.25, -0.2) is 13.4 Å². The van der Waals surface area contributed by atoms with Gasteiger partial charge in [0.25, 0.3) is 10.0 Å². The molecule has 4 aromatic rings. The molecular weight excluding hydrogens is 398 g/mol. The second kappa shape index (κ2) is 7.84. The van der Waals surface area contributed by atoms with Crippen molar-refractivity contribution in [3.8, 4) is 17.0 Å². The number of para-hydroxylation sites is 1. The van der Waals surface area contributed by atoms with Crippen LogP contribution in [0, 0.1) is 13.8 Å². The van der Waals surface area contributed by atoms with Crippen LogP contribution in [-0.4, -0.2) is 24.4 Å². The maximum absolute atomic E-state index is 13.1. The predicted molar refractivity (Wildman–Crippen MR) is 119 cm³/mol. The Morgan fingerprint density at radius 3 is 2.57 bits per heavy atom. The molecule has 0 fully saturated rings. The highest BCUT2D eigenvalue weighted by Gasteiger charge is 2.19. The maximum Gasteiger partial charge on any atom is 0.261 e. The molecule has 0 atom stereocenters. The standard InChI is InChI=1S/C23H23N3O3S/c1-4-29-22-12-11-18(14-17(22)3)30(27,28)25-20-10-6-5-9-19(20)21-15-26-13-7-8-16(2)23(26)24-21/h5-15,25H,4H2,1-3H3. The van der Waals surface area contributed by atoms with Gasteiger partial charge in [-0.15, -0.1) is 0 Å². The second-order valence-corrected chi connectivity index (χ2v) is 8.74. The summed E-state index contributed by atoms with van der Waals surface area (Å²) < 4.78 is 36.3. The zero-order chi connectivity index (χ0) is 21.3. The van der Waals surface area contributed by atoms with E-state index in [-0.39, 0.29) is 4.90 Å². The minimum absolute atomic E-state index is 0.184. The zero-order valence-electron chi connectivity index (χ0n) is 17.1. The maximum atomic E-state index is 13.1. The van der Waals surface area contributed by atoms with E-state index < -0.39 is 10.0 Å². The van der Waals surface area contributed by atoms with Gasteiger partial charge in [-0.2, -0.15) is 0 Å². The van der Waals surface area contributed by atoms with Crippen molar-refractivity contribution >= 4 is 21.4 Å². The quantitative estimate of drug-likeness (QED) is 0.485. The molecule has 2 aromatic heterocycles. The molecule has 0 aliphatic carbocycles. The number of imidazole rings is 1. The van der Waals surface area contributed by atoms with Crippen LogP contribution in [0.1, 0.15) is 18.1 Å². The van der Waals surface area contributed by atoms with Crippen LogP contribution in [0.5, 0.6) is 5.75 Å². The second-order valence-electron chi connectivity index (χ2n) is 7.06. The highest BCUT2D eigenvalue weighted by atomic mass is 32.2. The monoisotopic (exact) mass is 421 g/mol. The van der Waals surface area contributed by atoms with Gasteiger partial charge in [-0.05, 0) is 62.2 Å². The number of hydrogen-bond acceptors (Lipinski definition) is 4. The number of nitrogens with one attached hydrogen (secondary N) is 1. The highest BCUT2D eigenvalue weighted by molar-refractivity contribution is 7.92. The van der Waals surface area contributed by atoms with E-state index in [1.807, 2.05) is 61.8 Å². The number of aryl methyl sites for hydroxylation is 2. The molecule has 0 aliphatic heterocycles. The Bertz CT molecular complexity index is 1330. The van der Waals surface area contributed by atoms with Crippen LogP contribution in [0.2, 0.25) is 0 Å². The van der Waals surface area contributed by atoms with Crippen molar-refractivity contribution in [2.45, 2.75) is 25.7 Å². The molecule has 0 aliphatic rings. The van der Waals surface area contributed by atoms with Crippen molar-refractivity contribution in [2.75, 3.05) is 11.3 Å². The summed E-state index contributed by atoms with van der Waals surface area (Å²) in [6.07, 6.45) is 3.82. The lowest BCUT2D eigenvalue weighted by molar-refractivity contribution is 0.337. The molecule has 0 saturated carbocycles. The fourth-order valence-corrected chi connectivity index (χ4v) is 4.55. The summed E-state index contributed by atoms with van der Waals surface area (Å²) in [5.41, 5.74) is 4.55. The van der Waals surface area contributed by atoms with E-state index in [9.17, 15) is 8.42 Å². The number of fused-ring (bicyclic) bond motifs is 1. The van der Waals surface area contributed by atoms with E-state index in [4.69, 9.17) is 9.72 Å². The third-order valence-corrected chi connectivity index (χ3v) is 6.24. The van der Waals surface area contributed by atoms with Gasteiger partial charge in [0, 0.05) is 18.0 Å². The van der Waals surface area contributed by atoms with Crippen LogP contribution >= 0.6 is 0 Å². The third kappa shape index (κ3) is 3.76. The first-order chi connectivity index (χ1) is 14.4. The van der Waals surface area contributed by atoms with E-state index in [2.05, 4.69) is 4.72 Å². The lowest BCUT2D eigenvalue weighted by Crippen LogP contribution is -2.14. The molecule has 7 heteroatoms. The van der Waals surface area contributed by atoms with E-state index in [1.165, 1.54) is 0 Å². The molecule has 4 rings (SSSR count). The van der Waals surface area contributed by atoms with Gasteiger partial charge in [-0.3, -0.25) is 4.72 Å². The van der Waals surface area contributed by atoms with Crippen molar-refractivity contribution in [2.24, 2.45) is 0 Å². The summed E-state index contributed by atoms with van der Waals surface area (Å²) in [5.74, 6) is 0.678. The van der Waals surface area contributed by atoms with Crippen molar-refractivity contribution in [3.05, 3.63) is 78.1 Å². The molecule has 0 bridgehead atoms. The lowest BCUT2D eigenvalue weighted by Gasteiger charge is -2.13. The summed E-state index contributed by atoms with van der Waals surface area (Å²) in [5, 5.41) is 0. The summed E-state index contributed by atoms with van der Waals surface area (Å²) in [6, 6.07) is 16.1. The lowest BCUT2D eigenvalue weighted by atomic mass is 10.1. The summed E-state index contributed by atoms with van der Waals surface area (Å²) in [4.78, 5) is 4.89. The smallest absolute Gasteiger partial charge is 0.261 e. The van der Waals surface area contributed by atoms with Crippen molar-refractivity contribution in [1.29, 1.82) is 0 Å². The fraction of sp³-hybridized carbons (Fsp3) is 0.174. The minimum atomic E-state index is -3.78. The molecule has 0 radical (unpaired) electrons. The largest absolute Gasteiger partial charge is 0.494 e. The van der Waals surface area contributed by atoms with Gasteiger partial charge in [0.1, 0.15) is 11.4 Å². The average Bonchev–Trinajstić information content (AvgIpc) is 3.15. The Morgan fingerprint density at radius 2 is 1.83 bits per heavy atom. The number of hydrogen-bond donors (Lipinski definition) is 1. The first-order valence-corrected chi connectivity index (χ1v) is 11.2. The van der Waals surface area contributed by atoms with Crippen LogP contribution in [0.15, 0.2) is 71.9 Å². The van der Waals surface area contributed by atoms with Crippen LogP contribution in [-0.2, 0) is 10.0 Å². The van der Waals surface area contributed by atoms with Crippen molar-refractivity contribution < 1.29 is 13.2 Å². The number of rotatable bonds is 6. The number of benzene rings is 2. The molecule has 0 amide bonds. The highest BCUT2D eigenvalue weighted by Crippen LogP contribution is 2.30. The normalized spacial score (nSPS) is 11.6. The van der Waals surface area contributed by atoms with E-state index in [0.717, 1.165) is 16.8 Å². The summed E-state index contributed by atoms with van der Waals surface area (Å²) in [6.45, 7) is 6.24. The number of nitrogens with zero attached hydrogens (tertiary/aromatic N) is 2. The fourth-order valence-electron chi connectivity index (χ4n) is 3.39. The van der Waals surface area contributed by atoms with E-state index in [0.29, 0.717) is 29.3 Å². The van der Waals surface area contributed by atoms with Crippen LogP contribution in [0.3, 0.4) is 0 Å². The average molecular weight is 422 g/mol. The number of sulfonamides is 1. The van der Waals surface area contributed by atoms with Crippen molar-refractivity contribution in [3.63, 3.8) is 0 Å². The Hall–Kier alpha value is -3.32. The SMILES string of the molecule is CCOc1ccc(S(=O)(=O)Nc2ccccc2-c2cn3cccc(C)c3n2)cc1C. The van der Waals surface area contributed by atoms with Crippen molar-refractivity contribution in [1.82, 2.24) is 9.38 Å². The predicted octanol–water partition coefficient (Wildman–Crippen LogP) is 4.82. The van der Waals surface area contributed by atoms with Gasteiger partial charge in [0.2, 0.25) is 0 Å². The molecule has 6 nitrogen and oxygen atoms in total. The zero-order valence-corrected chi connectivity index (χ0v) is 17.9. The number of pyridine rings is 1.